The van der Waals surface area contributed by atoms with Crippen LogP contribution < -0.4 is 12.4 Å². The number of halogens is 2. The maximum atomic E-state index is 3.62. The average Bonchev–Trinajstić information content (AvgIpc) is 2.46. The minimum absolute atomic E-state index is 0. The summed E-state index contributed by atoms with van der Waals surface area (Å²) in [4.78, 5) is 3.34. The molecule has 0 aromatic rings. The van der Waals surface area contributed by atoms with E-state index in [0.717, 1.165) is 0 Å². The molecule has 0 radical (unpaired) electrons. The van der Waals surface area contributed by atoms with Gasteiger partial charge in [-0.05, 0) is 0 Å². The van der Waals surface area contributed by atoms with Gasteiger partial charge in [-0.25, -0.2) is 0 Å². The summed E-state index contributed by atoms with van der Waals surface area (Å²) in [5, 5.41) is 0. The Hall–Kier alpha value is 1.54. The zero-order valence-corrected chi connectivity index (χ0v) is 14.4. The molecular formula is C10H16BrClMgSe. The van der Waals surface area contributed by atoms with Crippen molar-refractivity contribution in [3.05, 3.63) is 20.0 Å². The van der Waals surface area contributed by atoms with E-state index in [1.165, 1.54) is 41.1 Å². The third kappa shape index (κ3) is 6.92. The Bertz CT molecular complexity index is 204. The molecule has 0 aromatic heterocycles. The number of unbranched alkanes of at least 4 members (excludes halogenated alkanes) is 3. The van der Waals surface area contributed by atoms with Gasteiger partial charge in [0.2, 0.25) is 0 Å². The van der Waals surface area contributed by atoms with Crippen LogP contribution in [0.15, 0.2) is 15.0 Å². The molecule has 0 fully saturated rings. The van der Waals surface area contributed by atoms with E-state index in [4.69, 9.17) is 0 Å². The van der Waals surface area contributed by atoms with E-state index < -0.39 is 0 Å². The molecule has 1 aliphatic rings. The van der Waals surface area contributed by atoms with Gasteiger partial charge >= 0.3 is 113 Å². The fourth-order valence-electron chi connectivity index (χ4n) is 1.25. The minimum atomic E-state index is -0.0168. The van der Waals surface area contributed by atoms with Gasteiger partial charge in [-0.1, -0.05) is 0 Å². The van der Waals surface area contributed by atoms with E-state index in [1.54, 1.807) is 0 Å². The molecule has 0 nitrogen and oxygen atoms in total. The molecule has 14 heavy (non-hydrogen) atoms. The predicted octanol–water partition coefficient (Wildman–Crippen LogP) is -0.314. The van der Waals surface area contributed by atoms with Gasteiger partial charge in [0.05, 0.1) is 0 Å². The van der Waals surface area contributed by atoms with Crippen LogP contribution in [-0.2, 0) is 0 Å². The number of hydrogen-bond acceptors (Lipinski definition) is 0. The molecular weight excluding hydrogens is 339 g/mol. The van der Waals surface area contributed by atoms with E-state index in [-0.39, 0.29) is 50.4 Å². The molecule has 0 N–H and O–H groups in total. The Kier molecular flexibility index (Phi) is 14.1. The Morgan fingerprint density at radius 1 is 1.36 bits per heavy atom. The molecule has 0 amide bonds. The summed E-state index contributed by atoms with van der Waals surface area (Å²) in [6, 6.07) is 0. The fraction of sp³-hybridized carbons (Fsp3) is 0.600. The molecule has 4 heteroatoms. The summed E-state index contributed by atoms with van der Waals surface area (Å²) in [7, 11) is 0. The Morgan fingerprint density at radius 3 is 2.57 bits per heavy atom. The van der Waals surface area contributed by atoms with Crippen LogP contribution in [0.3, 0.4) is 0 Å². The number of rotatable bonds is 5. The first-order chi connectivity index (χ1) is 5.84. The second kappa shape index (κ2) is 11.0. The monoisotopic (exact) mass is 354 g/mol. The molecule has 0 aromatic carbocycles. The van der Waals surface area contributed by atoms with Gasteiger partial charge in [-0.3, -0.25) is 0 Å². The first kappa shape index (κ1) is 17.9. The summed E-state index contributed by atoms with van der Waals surface area (Å²) < 4.78 is 1.47. The minimum Gasteiger partial charge on any atom is -1.00 e. The molecule has 0 saturated carbocycles. The van der Waals surface area contributed by atoms with Crippen LogP contribution in [0.5, 0.6) is 0 Å². The van der Waals surface area contributed by atoms with E-state index in [0.29, 0.717) is 0 Å². The predicted molar refractivity (Wildman–Crippen MR) is 66.8 cm³/mol. The zero-order chi connectivity index (χ0) is 8.81. The molecule has 0 unspecified atom stereocenters. The molecule has 0 bridgehead atoms. The average molecular weight is 355 g/mol. The molecule has 0 spiro atoms. The quantitative estimate of drug-likeness (QED) is 0.361. The molecule has 78 valence electrons. The second-order valence-electron chi connectivity index (χ2n) is 3.06. The van der Waals surface area contributed by atoms with Crippen molar-refractivity contribution in [1.82, 2.24) is 0 Å². The van der Waals surface area contributed by atoms with Crippen LogP contribution in [0, 0.1) is 4.97 Å². The van der Waals surface area contributed by atoms with Gasteiger partial charge in [-0.2, -0.15) is 0 Å². The third-order valence-corrected chi connectivity index (χ3v) is 5.29. The largest absolute Gasteiger partial charge is 2.00 e. The van der Waals surface area contributed by atoms with Crippen molar-refractivity contribution in [3.63, 3.8) is 0 Å². The van der Waals surface area contributed by atoms with Gasteiger partial charge in [-0.15, -0.1) is 0 Å². The van der Waals surface area contributed by atoms with E-state index in [9.17, 15) is 0 Å². The number of hydrogen-bond donors (Lipinski definition) is 0. The van der Waals surface area contributed by atoms with Crippen LogP contribution in [0.2, 0.25) is 0 Å². The maximum Gasteiger partial charge on any atom is 2.00 e. The molecule has 0 saturated heterocycles. The summed E-state index contributed by atoms with van der Waals surface area (Å²) >= 11 is 3.60. The summed E-state index contributed by atoms with van der Waals surface area (Å²) in [5.74, 6) is 0. The summed E-state index contributed by atoms with van der Waals surface area (Å²) in [6.07, 6.45) is 8.90. The van der Waals surface area contributed by atoms with Gasteiger partial charge < -0.3 is 12.4 Å². The molecule has 1 rings (SSSR count). The fourth-order valence-corrected chi connectivity index (χ4v) is 3.70. The first-order valence-electron chi connectivity index (χ1n) is 4.58. The van der Waals surface area contributed by atoms with Gasteiger partial charge in [0.25, 0.3) is 0 Å². The van der Waals surface area contributed by atoms with Crippen LogP contribution in [0.1, 0.15) is 39.0 Å². The van der Waals surface area contributed by atoms with Crippen LogP contribution >= 0.6 is 15.9 Å². The van der Waals surface area contributed by atoms with Gasteiger partial charge in [0.1, 0.15) is 0 Å². The standard InChI is InChI=1S/C10H16BrSe.ClH.Mg/c1-2-3-4-5-6-9-7-8-12-10(9)11;;/h7H,2-6,12H2,1H3;1H;/q-1;;+2/p-1. The van der Waals surface area contributed by atoms with Crippen LogP contribution in [0.4, 0.5) is 0 Å². The maximum absolute atomic E-state index is 3.62. The SMILES string of the molecule is CCCCCCC1=C(Br)[SeH2][C-]=C1.[Cl-].[Mg+2]. The molecule has 0 aliphatic carbocycles. The second-order valence-corrected chi connectivity index (χ2v) is 7.57. The van der Waals surface area contributed by atoms with E-state index >= 15 is 0 Å². The van der Waals surface area contributed by atoms with Crippen molar-refractivity contribution in [3.8, 4) is 0 Å². The Morgan fingerprint density at radius 2 is 2.07 bits per heavy atom. The van der Waals surface area contributed by atoms with Crippen molar-refractivity contribution >= 4 is 53.9 Å². The van der Waals surface area contributed by atoms with Crippen LogP contribution in [-0.4, -0.2) is 38.0 Å². The van der Waals surface area contributed by atoms with Crippen molar-refractivity contribution in [2.75, 3.05) is 0 Å². The Balaban J connectivity index is 0. The van der Waals surface area contributed by atoms with Crippen molar-refractivity contribution in [2.24, 2.45) is 0 Å². The molecule has 1 aliphatic heterocycles. The first-order valence-corrected chi connectivity index (χ1v) is 7.47. The van der Waals surface area contributed by atoms with E-state index in [2.05, 4.69) is 33.9 Å². The van der Waals surface area contributed by atoms with Crippen molar-refractivity contribution < 1.29 is 12.4 Å². The molecule has 0 atom stereocenters. The van der Waals surface area contributed by atoms with Gasteiger partial charge in [0.15, 0.2) is 0 Å². The third-order valence-electron chi connectivity index (χ3n) is 2.01. The normalized spacial score (nSPS) is 16.7. The smallest absolute Gasteiger partial charge is 1.00 e. The summed E-state index contributed by atoms with van der Waals surface area (Å²) in [5.41, 5.74) is 1.52. The van der Waals surface area contributed by atoms with Crippen molar-refractivity contribution in [2.45, 2.75) is 39.0 Å². The Labute approximate surface area is 124 Å². The zero-order valence-electron chi connectivity index (χ0n) is 8.58. The number of allylic oxidation sites excluding steroid dienone is 2. The van der Waals surface area contributed by atoms with Crippen molar-refractivity contribution in [1.29, 1.82) is 0 Å². The van der Waals surface area contributed by atoms with E-state index in [1.807, 2.05) is 0 Å². The molecule has 1 heterocycles. The summed E-state index contributed by atoms with van der Waals surface area (Å²) in [6.45, 7) is 2.25. The topological polar surface area (TPSA) is 0 Å². The van der Waals surface area contributed by atoms with Crippen LogP contribution in [0.25, 0.3) is 0 Å². The van der Waals surface area contributed by atoms with Gasteiger partial charge in [0, 0.05) is 0 Å².